The van der Waals surface area contributed by atoms with Crippen molar-refractivity contribution < 1.29 is 19.5 Å². The summed E-state index contributed by atoms with van der Waals surface area (Å²) in [5.74, 6) is -1.00. The summed E-state index contributed by atoms with van der Waals surface area (Å²) in [5, 5.41) is 14.2. The largest absolute Gasteiger partial charge is 0.481 e. The average molecular weight is 350 g/mol. The molecule has 2 aliphatic rings. The first-order valence-electron chi connectivity index (χ1n) is 8.26. The Hall–Kier alpha value is -1.89. The van der Waals surface area contributed by atoms with Crippen molar-refractivity contribution in [2.45, 2.75) is 32.2 Å². The SMILES string of the molecule is CC(=O)NC(CC(=O)N1C[C@H](C(=O)O)[C@@H](C2CC2)C1)c1cccs1. The third kappa shape index (κ3) is 3.77. The highest BCUT2D eigenvalue weighted by atomic mass is 32.1. The number of nitrogens with one attached hydrogen (secondary N) is 1. The maximum Gasteiger partial charge on any atom is 0.308 e. The molecule has 3 rings (SSSR count). The Balaban J connectivity index is 1.66. The number of carbonyl (C=O) groups is 3. The highest BCUT2D eigenvalue weighted by Gasteiger charge is 2.46. The summed E-state index contributed by atoms with van der Waals surface area (Å²) in [6, 6.07) is 3.44. The van der Waals surface area contributed by atoms with Crippen LogP contribution in [0.25, 0.3) is 0 Å². The molecule has 2 heterocycles. The van der Waals surface area contributed by atoms with Gasteiger partial charge < -0.3 is 15.3 Å². The van der Waals surface area contributed by atoms with Crippen LogP contribution in [0.1, 0.15) is 37.1 Å². The van der Waals surface area contributed by atoms with E-state index in [-0.39, 0.29) is 36.7 Å². The van der Waals surface area contributed by atoms with Crippen molar-refractivity contribution in [2.24, 2.45) is 17.8 Å². The normalized spacial score (nSPS) is 24.6. The van der Waals surface area contributed by atoms with E-state index < -0.39 is 11.9 Å². The van der Waals surface area contributed by atoms with Crippen LogP contribution in [0.15, 0.2) is 17.5 Å². The van der Waals surface area contributed by atoms with Gasteiger partial charge in [-0.15, -0.1) is 11.3 Å². The van der Waals surface area contributed by atoms with E-state index in [4.69, 9.17) is 0 Å². The van der Waals surface area contributed by atoms with Gasteiger partial charge in [0.15, 0.2) is 0 Å². The molecular weight excluding hydrogens is 328 g/mol. The van der Waals surface area contributed by atoms with Gasteiger partial charge in [0, 0.05) is 24.9 Å². The second-order valence-corrected chi connectivity index (χ2v) is 7.70. The number of aliphatic carboxylic acids is 1. The molecule has 1 saturated heterocycles. The van der Waals surface area contributed by atoms with Crippen molar-refractivity contribution in [3.63, 3.8) is 0 Å². The van der Waals surface area contributed by atoms with Crippen molar-refractivity contribution in [1.29, 1.82) is 0 Å². The molecule has 3 atom stereocenters. The van der Waals surface area contributed by atoms with Crippen molar-refractivity contribution in [1.82, 2.24) is 10.2 Å². The van der Waals surface area contributed by atoms with Gasteiger partial charge in [-0.1, -0.05) is 6.07 Å². The summed E-state index contributed by atoms with van der Waals surface area (Å²) >= 11 is 1.50. The van der Waals surface area contributed by atoms with Crippen LogP contribution in [0.5, 0.6) is 0 Å². The van der Waals surface area contributed by atoms with Crippen LogP contribution in [-0.2, 0) is 14.4 Å². The monoisotopic (exact) mass is 350 g/mol. The van der Waals surface area contributed by atoms with Gasteiger partial charge in [-0.3, -0.25) is 14.4 Å². The molecule has 1 aliphatic heterocycles. The molecule has 24 heavy (non-hydrogen) atoms. The van der Waals surface area contributed by atoms with Gasteiger partial charge in [0.25, 0.3) is 0 Å². The molecule has 0 radical (unpaired) electrons. The van der Waals surface area contributed by atoms with E-state index in [0.29, 0.717) is 12.5 Å². The molecule has 1 saturated carbocycles. The first kappa shape index (κ1) is 17.0. The van der Waals surface area contributed by atoms with E-state index in [1.807, 2.05) is 17.5 Å². The molecule has 2 amide bonds. The second kappa shape index (κ2) is 6.93. The number of carbonyl (C=O) groups excluding carboxylic acids is 2. The summed E-state index contributed by atoms with van der Waals surface area (Å²) in [7, 11) is 0. The fraction of sp³-hybridized carbons (Fsp3) is 0.588. The van der Waals surface area contributed by atoms with E-state index in [1.54, 1.807) is 4.90 Å². The van der Waals surface area contributed by atoms with Gasteiger partial charge in [0.2, 0.25) is 11.8 Å². The number of hydrogen-bond donors (Lipinski definition) is 2. The van der Waals surface area contributed by atoms with Crippen molar-refractivity contribution in [3.05, 3.63) is 22.4 Å². The average Bonchev–Trinajstić information content (AvgIpc) is 3.04. The molecule has 0 bridgehead atoms. The summed E-state index contributed by atoms with van der Waals surface area (Å²) in [6.45, 7) is 2.24. The maximum absolute atomic E-state index is 12.7. The Kier molecular flexibility index (Phi) is 4.89. The van der Waals surface area contributed by atoms with Crippen LogP contribution in [0.2, 0.25) is 0 Å². The molecule has 1 aliphatic carbocycles. The molecule has 130 valence electrons. The summed E-state index contributed by atoms with van der Waals surface area (Å²) in [6.07, 6.45) is 2.31. The Bertz CT molecular complexity index is 627. The van der Waals surface area contributed by atoms with Gasteiger partial charge in [-0.05, 0) is 36.1 Å². The van der Waals surface area contributed by atoms with Crippen LogP contribution in [0.3, 0.4) is 0 Å². The predicted molar refractivity (Wildman–Crippen MR) is 89.4 cm³/mol. The standard InChI is InChI=1S/C17H22N2O4S/c1-10(20)18-14(15-3-2-6-24-15)7-16(21)19-8-12(11-4-5-11)13(9-19)17(22)23/h2-3,6,11-14H,4-5,7-9H2,1H3,(H,18,20)(H,22,23)/t12-,13+,14?/m1/s1. The fourth-order valence-electron chi connectivity index (χ4n) is 3.56. The van der Waals surface area contributed by atoms with Crippen LogP contribution in [0, 0.1) is 17.8 Å². The zero-order valence-electron chi connectivity index (χ0n) is 13.6. The number of hydrogen-bond acceptors (Lipinski definition) is 4. The van der Waals surface area contributed by atoms with Crippen molar-refractivity contribution >= 4 is 29.1 Å². The molecule has 6 nitrogen and oxygen atoms in total. The molecule has 7 heteroatoms. The fourth-order valence-corrected chi connectivity index (χ4v) is 4.34. The maximum atomic E-state index is 12.7. The Morgan fingerprint density at radius 1 is 1.38 bits per heavy atom. The van der Waals surface area contributed by atoms with Crippen LogP contribution in [-0.4, -0.2) is 40.9 Å². The van der Waals surface area contributed by atoms with Crippen molar-refractivity contribution in [3.8, 4) is 0 Å². The molecule has 0 spiro atoms. The summed E-state index contributed by atoms with van der Waals surface area (Å²) in [4.78, 5) is 38.2. The van der Waals surface area contributed by atoms with Crippen LogP contribution >= 0.6 is 11.3 Å². The van der Waals surface area contributed by atoms with Gasteiger partial charge >= 0.3 is 5.97 Å². The molecule has 1 unspecified atom stereocenters. The van der Waals surface area contributed by atoms with Gasteiger partial charge in [0.05, 0.1) is 18.4 Å². The lowest BCUT2D eigenvalue weighted by Crippen LogP contribution is -2.35. The van der Waals surface area contributed by atoms with Crippen molar-refractivity contribution in [2.75, 3.05) is 13.1 Å². The number of carboxylic acids is 1. The van der Waals surface area contributed by atoms with Crippen LogP contribution in [0.4, 0.5) is 0 Å². The van der Waals surface area contributed by atoms with E-state index in [9.17, 15) is 19.5 Å². The highest BCUT2D eigenvalue weighted by molar-refractivity contribution is 7.10. The molecule has 1 aromatic heterocycles. The summed E-state index contributed by atoms with van der Waals surface area (Å²) in [5.41, 5.74) is 0. The number of likely N-dealkylation sites (tertiary alicyclic amines) is 1. The molecule has 1 aromatic rings. The Morgan fingerprint density at radius 2 is 2.12 bits per heavy atom. The Labute approximate surface area is 144 Å². The van der Waals surface area contributed by atoms with E-state index in [0.717, 1.165) is 17.7 Å². The topological polar surface area (TPSA) is 86.7 Å². The number of rotatable bonds is 6. The minimum absolute atomic E-state index is 0.0763. The first-order chi connectivity index (χ1) is 11.5. The minimum Gasteiger partial charge on any atom is -0.481 e. The highest BCUT2D eigenvalue weighted by Crippen LogP contribution is 2.44. The van der Waals surface area contributed by atoms with E-state index >= 15 is 0 Å². The molecular formula is C17H22N2O4S. The van der Waals surface area contributed by atoms with Crippen LogP contribution < -0.4 is 5.32 Å². The van der Waals surface area contributed by atoms with E-state index in [1.165, 1.54) is 18.3 Å². The van der Waals surface area contributed by atoms with E-state index in [2.05, 4.69) is 5.32 Å². The smallest absolute Gasteiger partial charge is 0.308 e. The minimum atomic E-state index is -0.807. The lowest BCUT2D eigenvalue weighted by atomic mass is 9.92. The van der Waals surface area contributed by atoms with Gasteiger partial charge in [-0.2, -0.15) is 0 Å². The number of amides is 2. The lowest BCUT2D eigenvalue weighted by Gasteiger charge is -2.21. The summed E-state index contributed by atoms with van der Waals surface area (Å²) < 4.78 is 0. The number of thiophene rings is 1. The second-order valence-electron chi connectivity index (χ2n) is 6.72. The molecule has 2 fully saturated rings. The third-order valence-corrected chi connectivity index (χ3v) is 5.89. The number of carboxylic acid groups (broad SMARTS) is 1. The molecule has 0 aromatic carbocycles. The molecule has 2 N–H and O–H groups in total. The predicted octanol–water partition coefficient (Wildman–Crippen LogP) is 1.88. The lowest BCUT2D eigenvalue weighted by molar-refractivity contribution is -0.142. The number of nitrogens with zero attached hydrogens (tertiary/aromatic N) is 1. The van der Waals surface area contributed by atoms with Gasteiger partial charge in [0.1, 0.15) is 0 Å². The zero-order valence-corrected chi connectivity index (χ0v) is 14.4. The van der Waals surface area contributed by atoms with Gasteiger partial charge in [-0.25, -0.2) is 0 Å². The quantitative estimate of drug-likeness (QED) is 0.820. The zero-order chi connectivity index (χ0) is 17.3. The first-order valence-corrected chi connectivity index (χ1v) is 9.14. The third-order valence-electron chi connectivity index (χ3n) is 4.91. The Morgan fingerprint density at radius 3 is 2.67 bits per heavy atom.